The molecule has 0 bridgehead atoms. The summed E-state index contributed by atoms with van der Waals surface area (Å²) in [6.45, 7) is 2.60. The average molecular weight is 344 g/mol. The van der Waals surface area contributed by atoms with Crippen molar-refractivity contribution in [1.82, 2.24) is 9.88 Å². The van der Waals surface area contributed by atoms with Gasteiger partial charge in [-0.25, -0.2) is 13.8 Å². The maximum absolute atomic E-state index is 13.8. The van der Waals surface area contributed by atoms with E-state index < -0.39 is 23.3 Å². The highest BCUT2D eigenvalue weighted by molar-refractivity contribution is 5.98. The molecule has 1 amide bonds. The number of rotatable bonds is 3. The largest absolute Gasteiger partial charge is 0.337 e. The lowest BCUT2D eigenvalue weighted by Crippen LogP contribution is -2.40. The van der Waals surface area contributed by atoms with Gasteiger partial charge in [0.15, 0.2) is 5.78 Å². The van der Waals surface area contributed by atoms with Crippen molar-refractivity contribution in [3.63, 3.8) is 0 Å². The quantitative estimate of drug-likeness (QED) is 0.802. The van der Waals surface area contributed by atoms with Crippen molar-refractivity contribution in [3.8, 4) is 0 Å². The number of carbonyl (C=O) groups is 2. The number of halogens is 2. The van der Waals surface area contributed by atoms with Gasteiger partial charge in [0.2, 0.25) is 0 Å². The molecule has 0 N–H and O–H groups in total. The molecule has 6 heteroatoms. The SMILES string of the molecule is Cc1cccc(C(=O)N2CCC(C(=O)c3cc(F)ccc3F)CC2)n1. The van der Waals surface area contributed by atoms with Crippen molar-refractivity contribution in [1.29, 1.82) is 0 Å². The molecule has 0 radical (unpaired) electrons. The van der Waals surface area contributed by atoms with Crippen LogP contribution in [0.25, 0.3) is 0 Å². The number of benzene rings is 1. The van der Waals surface area contributed by atoms with Gasteiger partial charge < -0.3 is 4.90 Å². The fraction of sp³-hybridized carbons (Fsp3) is 0.316. The predicted octanol–water partition coefficient (Wildman–Crippen LogP) is 3.40. The van der Waals surface area contributed by atoms with E-state index in [1.807, 2.05) is 13.0 Å². The monoisotopic (exact) mass is 344 g/mol. The first-order valence-electron chi connectivity index (χ1n) is 8.18. The Balaban J connectivity index is 1.66. The Bertz CT molecular complexity index is 815. The Morgan fingerprint density at radius 3 is 2.52 bits per heavy atom. The Hall–Kier alpha value is -2.63. The first-order chi connectivity index (χ1) is 12.0. The molecular weight excluding hydrogens is 326 g/mol. The minimum absolute atomic E-state index is 0.175. The van der Waals surface area contributed by atoms with Crippen molar-refractivity contribution in [2.45, 2.75) is 19.8 Å². The molecule has 130 valence electrons. The molecular formula is C19H18F2N2O2. The highest BCUT2D eigenvalue weighted by Gasteiger charge is 2.30. The minimum Gasteiger partial charge on any atom is -0.337 e. The molecule has 25 heavy (non-hydrogen) atoms. The third kappa shape index (κ3) is 3.73. The molecule has 1 aromatic carbocycles. The maximum atomic E-state index is 13.8. The summed E-state index contributed by atoms with van der Waals surface area (Å²) in [5.74, 6) is -2.34. The minimum atomic E-state index is -0.714. The Kier molecular flexibility index (Phi) is 4.88. The zero-order chi connectivity index (χ0) is 18.0. The van der Waals surface area contributed by atoms with E-state index in [9.17, 15) is 18.4 Å². The Morgan fingerprint density at radius 1 is 1.12 bits per heavy atom. The van der Waals surface area contributed by atoms with Gasteiger partial charge in [-0.2, -0.15) is 0 Å². The fourth-order valence-corrected chi connectivity index (χ4v) is 3.08. The summed E-state index contributed by atoms with van der Waals surface area (Å²) in [7, 11) is 0. The van der Waals surface area contributed by atoms with Gasteiger partial charge in [0.25, 0.3) is 5.91 Å². The molecule has 1 aromatic heterocycles. The van der Waals surface area contributed by atoms with Gasteiger partial charge in [-0.1, -0.05) is 6.07 Å². The van der Waals surface area contributed by atoms with Gasteiger partial charge in [0, 0.05) is 24.7 Å². The lowest BCUT2D eigenvalue weighted by atomic mass is 9.88. The van der Waals surface area contributed by atoms with Gasteiger partial charge in [-0.15, -0.1) is 0 Å². The molecule has 2 heterocycles. The van der Waals surface area contributed by atoms with Crippen LogP contribution in [0.5, 0.6) is 0 Å². The summed E-state index contributed by atoms with van der Waals surface area (Å²) in [5.41, 5.74) is 0.920. The second kappa shape index (κ2) is 7.09. The third-order valence-electron chi connectivity index (χ3n) is 4.45. The second-order valence-electron chi connectivity index (χ2n) is 6.22. The smallest absolute Gasteiger partial charge is 0.272 e. The molecule has 0 aliphatic carbocycles. The van der Waals surface area contributed by atoms with Crippen LogP contribution in [0, 0.1) is 24.5 Å². The average Bonchev–Trinajstić information content (AvgIpc) is 2.62. The van der Waals surface area contributed by atoms with Crippen LogP contribution in [0.2, 0.25) is 0 Å². The number of aromatic nitrogens is 1. The van der Waals surface area contributed by atoms with Gasteiger partial charge in [-0.3, -0.25) is 9.59 Å². The number of Topliss-reactive ketones (excluding diaryl/α,β-unsaturated/α-hetero) is 1. The van der Waals surface area contributed by atoms with Crippen LogP contribution in [-0.2, 0) is 0 Å². The van der Waals surface area contributed by atoms with Crippen LogP contribution in [0.1, 0.15) is 39.4 Å². The predicted molar refractivity (Wildman–Crippen MR) is 88.3 cm³/mol. The second-order valence-corrected chi connectivity index (χ2v) is 6.22. The molecule has 0 saturated carbocycles. The highest BCUT2D eigenvalue weighted by Crippen LogP contribution is 2.24. The molecule has 0 unspecified atom stereocenters. The normalized spacial score (nSPS) is 15.2. The summed E-state index contributed by atoms with van der Waals surface area (Å²) in [6, 6.07) is 8.14. The summed E-state index contributed by atoms with van der Waals surface area (Å²) >= 11 is 0. The molecule has 3 rings (SSSR count). The lowest BCUT2D eigenvalue weighted by Gasteiger charge is -2.31. The van der Waals surface area contributed by atoms with E-state index >= 15 is 0 Å². The van der Waals surface area contributed by atoms with Gasteiger partial charge in [-0.05, 0) is 50.1 Å². The number of ketones is 1. The van der Waals surface area contributed by atoms with Crippen LogP contribution in [0.15, 0.2) is 36.4 Å². The zero-order valence-electron chi connectivity index (χ0n) is 13.8. The summed E-state index contributed by atoms with van der Waals surface area (Å²) in [5, 5.41) is 0. The zero-order valence-corrected chi connectivity index (χ0v) is 13.8. The van der Waals surface area contributed by atoms with E-state index in [0.29, 0.717) is 31.6 Å². The number of hydrogen-bond acceptors (Lipinski definition) is 3. The van der Waals surface area contributed by atoms with Crippen molar-refractivity contribution < 1.29 is 18.4 Å². The van der Waals surface area contributed by atoms with Crippen LogP contribution in [0.4, 0.5) is 8.78 Å². The fourth-order valence-electron chi connectivity index (χ4n) is 3.08. The van der Waals surface area contributed by atoms with Crippen molar-refractivity contribution >= 4 is 11.7 Å². The van der Waals surface area contributed by atoms with Gasteiger partial charge in [0.1, 0.15) is 17.3 Å². The number of likely N-dealkylation sites (tertiary alicyclic amines) is 1. The molecule has 4 nitrogen and oxygen atoms in total. The Labute approximate surface area is 144 Å². The van der Waals surface area contributed by atoms with E-state index in [1.54, 1.807) is 17.0 Å². The number of aryl methyl sites for hydroxylation is 1. The van der Waals surface area contributed by atoms with Crippen molar-refractivity contribution in [3.05, 3.63) is 65.0 Å². The number of piperidine rings is 1. The van der Waals surface area contributed by atoms with Crippen LogP contribution in [-0.4, -0.2) is 34.7 Å². The molecule has 1 aliphatic heterocycles. The topological polar surface area (TPSA) is 50.3 Å². The number of amides is 1. The van der Waals surface area contributed by atoms with Crippen LogP contribution in [0.3, 0.4) is 0 Å². The molecule has 0 atom stereocenters. The molecule has 1 fully saturated rings. The molecule has 0 spiro atoms. The molecule has 2 aromatic rings. The van der Waals surface area contributed by atoms with Crippen LogP contribution < -0.4 is 0 Å². The molecule has 1 aliphatic rings. The third-order valence-corrected chi connectivity index (χ3v) is 4.45. The highest BCUT2D eigenvalue weighted by atomic mass is 19.1. The number of pyridine rings is 1. The Morgan fingerprint density at radius 2 is 1.84 bits per heavy atom. The van der Waals surface area contributed by atoms with Gasteiger partial charge >= 0.3 is 0 Å². The van der Waals surface area contributed by atoms with E-state index in [0.717, 1.165) is 23.9 Å². The standard InChI is InChI=1S/C19H18F2N2O2/c1-12-3-2-4-17(22-12)19(25)23-9-7-13(8-10-23)18(24)15-11-14(20)5-6-16(15)21/h2-6,11,13H,7-10H2,1H3. The summed E-state index contributed by atoms with van der Waals surface area (Å²) in [4.78, 5) is 30.8. The first kappa shape index (κ1) is 17.2. The van der Waals surface area contributed by atoms with E-state index in [1.165, 1.54) is 0 Å². The van der Waals surface area contributed by atoms with E-state index in [4.69, 9.17) is 0 Å². The van der Waals surface area contributed by atoms with Crippen LogP contribution >= 0.6 is 0 Å². The van der Waals surface area contributed by atoms with E-state index in [-0.39, 0.29) is 11.5 Å². The first-order valence-corrected chi connectivity index (χ1v) is 8.18. The summed E-state index contributed by atoms with van der Waals surface area (Å²) in [6.07, 6.45) is 0.846. The maximum Gasteiger partial charge on any atom is 0.272 e. The number of nitrogens with zero attached hydrogens (tertiary/aromatic N) is 2. The van der Waals surface area contributed by atoms with Crippen molar-refractivity contribution in [2.24, 2.45) is 5.92 Å². The lowest BCUT2D eigenvalue weighted by molar-refractivity contribution is 0.0644. The summed E-state index contributed by atoms with van der Waals surface area (Å²) < 4.78 is 27.1. The number of hydrogen-bond donors (Lipinski definition) is 0. The van der Waals surface area contributed by atoms with Gasteiger partial charge in [0.05, 0.1) is 5.56 Å². The van der Waals surface area contributed by atoms with Crippen molar-refractivity contribution in [2.75, 3.05) is 13.1 Å². The van der Waals surface area contributed by atoms with E-state index in [2.05, 4.69) is 4.98 Å². The molecule has 1 saturated heterocycles. The number of carbonyl (C=O) groups excluding carboxylic acids is 2.